The van der Waals surface area contributed by atoms with Crippen LogP contribution >= 0.6 is 0 Å². The molecule has 1 rings (SSSR count). The Morgan fingerprint density at radius 2 is 2.13 bits per heavy atom. The predicted molar refractivity (Wildman–Crippen MR) is 56.4 cm³/mol. The van der Waals surface area contributed by atoms with Gasteiger partial charge in [0.15, 0.2) is 0 Å². The van der Waals surface area contributed by atoms with Gasteiger partial charge in [-0.05, 0) is 18.6 Å². The molecule has 0 heterocycles. The van der Waals surface area contributed by atoms with Crippen molar-refractivity contribution in [1.82, 2.24) is 0 Å². The Kier molecular flexibility index (Phi) is 3.44. The van der Waals surface area contributed by atoms with E-state index in [0.29, 0.717) is 11.1 Å². The molecular formula is C11H15NO3. The Hall–Kier alpha value is -1.39. The highest BCUT2D eigenvalue weighted by Gasteiger charge is 2.26. The van der Waals surface area contributed by atoms with E-state index in [-0.39, 0.29) is 6.54 Å². The topological polar surface area (TPSA) is 72.5 Å². The number of methoxy groups -OCH3 is 1. The van der Waals surface area contributed by atoms with Crippen LogP contribution in [0.5, 0.6) is 0 Å². The number of benzene rings is 1. The van der Waals surface area contributed by atoms with Crippen molar-refractivity contribution in [3.63, 3.8) is 0 Å². The number of hydrogen-bond donors (Lipinski definition) is 2. The largest absolute Gasteiger partial charge is 0.465 e. The minimum absolute atomic E-state index is 0.0427. The quantitative estimate of drug-likeness (QED) is 0.716. The van der Waals surface area contributed by atoms with Crippen LogP contribution in [0, 0.1) is 0 Å². The molecular weight excluding hydrogens is 194 g/mol. The van der Waals surface area contributed by atoms with E-state index in [2.05, 4.69) is 4.74 Å². The molecule has 0 bridgehead atoms. The number of aliphatic hydroxyl groups is 1. The van der Waals surface area contributed by atoms with Crippen LogP contribution in [0.25, 0.3) is 0 Å². The lowest BCUT2D eigenvalue weighted by molar-refractivity contribution is 0.0526. The van der Waals surface area contributed by atoms with E-state index < -0.39 is 11.6 Å². The third-order valence-electron chi connectivity index (χ3n) is 2.31. The van der Waals surface area contributed by atoms with Gasteiger partial charge in [-0.3, -0.25) is 0 Å². The normalized spacial score (nSPS) is 14.4. The van der Waals surface area contributed by atoms with Crippen molar-refractivity contribution in [3.8, 4) is 0 Å². The van der Waals surface area contributed by atoms with Gasteiger partial charge in [0.1, 0.15) is 0 Å². The maximum atomic E-state index is 11.4. The molecule has 3 N–H and O–H groups in total. The van der Waals surface area contributed by atoms with Crippen molar-refractivity contribution in [2.75, 3.05) is 13.7 Å². The highest BCUT2D eigenvalue weighted by atomic mass is 16.5. The van der Waals surface area contributed by atoms with Crippen molar-refractivity contribution in [2.45, 2.75) is 12.5 Å². The van der Waals surface area contributed by atoms with Crippen molar-refractivity contribution in [1.29, 1.82) is 0 Å². The van der Waals surface area contributed by atoms with E-state index in [0.717, 1.165) is 0 Å². The number of ether oxygens (including phenoxy) is 1. The van der Waals surface area contributed by atoms with Crippen LogP contribution in [0.2, 0.25) is 0 Å². The predicted octanol–water partition coefficient (Wildman–Crippen LogP) is 0.639. The molecule has 0 aliphatic rings. The molecule has 0 radical (unpaired) electrons. The molecule has 1 atom stereocenters. The lowest BCUT2D eigenvalue weighted by Crippen LogP contribution is -2.33. The maximum Gasteiger partial charge on any atom is 0.338 e. The fourth-order valence-corrected chi connectivity index (χ4v) is 1.35. The molecule has 0 aromatic heterocycles. The summed E-state index contributed by atoms with van der Waals surface area (Å²) in [5.41, 5.74) is 5.06. The molecule has 1 aromatic carbocycles. The van der Waals surface area contributed by atoms with Crippen molar-refractivity contribution < 1.29 is 14.6 Å². The summed E-state index contributed by atoms with van der Waals surface area (Å²) in [4.78, 5) is 11.4. The zero-order chi connectivity index (χ0) is 11.5. The van der Waals surface area contributed by atoms with Gasteiger partial charge in [-0.2, -0.15) is 0 Å². The summed E-state index contributed by atoms with van der Waals surface area (Å²) in [5.74, 6) is -0.473. The zero-order valence-electron chi connectivity index (χ0n) is 8.86. The molecule has 0 saturated carbocycles. The second-order valence-electron chi connectivity index (χ2n) is 3.52. The first-order chi connectivity index (χ1) is 7.03. The van der Waals surface area contributed by atoms with Gasteiger partial charge >= 0.3 is 5.97 Å². The summed E-state index contributed by atoms with van der Waals surface area (Å²) in [5, 5.41) is 9.99. The molecule has 1 aromatic rings. The lowest BCUT2D eigenvalue weighted by Gasteiger charge is -2.23. The highest BCUT2D eigenvalue weighted by molar-refractivity contribution is 5.91. The van der Waals surface area contributed by atoms with Crippen LogP contribution in [-0.4, -0.2) is 24.7 Å². The van der Waals surface area contributed by atoms with E-state index in [1.165, 1.54) is 7.11 Å². The van der Waals surface area contributed by atoms with Crippen LogP contribution in [0.3, 0.4) is 0 Å². The molecule has 4 nitrogen and oxygen atoms in total. The van der Waals surface area contributed by atoms with Gasteiger partial charge in [0.2, 0.25) is 0 Å². The number of carbonyl (C=O) groups excluding carboxylic acids is 1. The Morgan fingerprint density at radius 3 is 2.67 bits per heavy atom. The summed E-state index contributed by atoms with van der Waals surface area (Å²) in [7, 11) is 1.30. The van der Waals surface area contributed by atoms with Gasteiger partial charge in [0.05, 0.1) is 18.3 Å². The summed E-state index contributed by atoms with van der Waals surface area (Å²) >= 11 is 0. The Morgan fingerprint density at radius 1 is 1.53 bits per heavy atom. The standard InChI is InChI=1S/C11H15NO3/c1-11(14,7-12)9-6-4-3-5-8(9)10(13)15-2/h3-6,14H,7,12H2,1-2H3. The third kappa shape index (κ3) is 2.34. The number of rotatable bonds is 3. The Bertz CT molecular complexity index is 361. The maximum absolute atomic E-state index is 11.4. The summed E-state index contributed by atoms with van der Waals surface area (Å²) in [6.45, 7) is 1.61. The molecule has 0 aliphatic carbocycles. The number of esters is 1. The lowest BCUT2D eigenvalue weighted by atomic mass is 9.91. The molecule has 82 valence electrons. The fourth-order valence-electron chi connectivity index (χ4n) is 1.35. The zero-order valence-corrected chi connectivity index (χ0v) is 8.86. The molecule has 0 saturated heterocycles. The minimum atomic E-state index is -1.22. The van der Waals surface area contributed by atoms with Crippen LogP contribution < -0.4 is 5.73 Å². The summed E-state index contributed by atoms with van der Waals surface area (Å²) in [6.07, 6.45) is 0. The second kappa shape index (κ2) is 4.42. The second-order valence-corrected chi connectivity index (χ2v) is 3.52. The number of hydrogen-bond acceptors (Lipinski definition) is 4. The van der Waals surface area contributed by atoms with Crippen LogP contribution in [0.4, 0.5) is 0 Å². The molecule has 15 heavy (non-hydrogen) atoms. The smallest absolute Gasteiger partial charge is 0.338 e. The summed E-state index contributed by atoms with van der Waals surface area (Å²) in [6, 6.07) is 6.72. The van der Waals surface area contributed by atoms with Gasteiger partial charge in [-0.25, -0.2) is 4.79 Å². The van der Waals surface area contributed by atoms with Gasteiger partial charge in [0, 0.05) is 6.54 Å². The minimum Gasteiger partial charge on any atom is -0.465 e. The van der Waals surface area contributed by atoms with E-state index in [9.17, 15) is 9.90 Å². The van der Waals surface area contributed by atoms with Crippen LogP contribution in [-0.2, 0) is 10.3 Å². The highest BCUT2D eigenvalue weighted by Crippen LogP contribution is 2.23. The molecule has 0 aliphatic heterocycles. The number of carbonyl (C=O) groups is 1. The molecule has 0 spiro atoms. The van der Waals surface area contributed by atoms with Crippen molar-refractivity contribution in [2.24, 2.45) is 5.73 Å². The first-order valence-electron chi connectivity index (χ1n) is 4.63. The van der Waals surface area contributed by atoms with E-state index in [4.69, 9.17) is 5.73 Å². The first kappa shape index (κ1) is 11.7. The van der Waals surface area contributed by atoms with Gasteiger partial charge in [0.25, 0.3) is 0 Å². The monoisotopic (exact) mass is 209 g/mol. The van der Waals surface area contributed by atoms with Gasteiger partial charge < -0.3 is 15.6 Å². The molecule has 1 unspecified atom stereocenters. The van der Waals surface area contributed by atoms with E-state index >= 15 is 0 Å². The average molecular weight is 209 g/mol. The SMILES string of the molecule is COC(=O)c1ccccc1C(C)(O)CN. The Balaban J connectivity index is 3.23. The van der Waals surface area contributed by atoms with Crippen molar-refractivity contribution >= 4 is 5.97 Å². The summed E-state index contributed by atoms with van der Waals surface area (Å²) < 4.78 is 4.63. The van der Waals surface area contributed by atoms with Gasteiger partial charge in [-0.1, -0.05) is 18.2 Å². The van der Waals surface area contributed by atoms with Gasteiger partial charge in [-0.15, -0.1) is 0 Å². The fraction of sp³-hybridized carbons (Fsp3) is 0.364. The average Bonchev–Trinajstić information content (AvgIpc) is 2.28. The van der Waals surface area contributed by atoms with Crippen molar-refractivity contribution in [3.05, 3.63) is 35.4 Å². The first-order valence-corrected chi connectivity index (χ1v) is 4.63. The third-order valence-corrected chi connectivity index (χ3v) is 2.31. The molecule has 0 amide bonds. The molecule has 4 heteroatoms. The van der Waals surface area contributed by atoms with Crippen LogP contribution in [0.15, 0.2) is 24.3 Å². The Labute approximate surface area is 88.7 Å². The number of nitrogens with two attached hydrogens (primary N) is 1. The molecule has 0 fully saturated rings. The van der Waals surface area contributed by atoms with Crippen LogP contribution in [0.1, 0.15) is 22.8 Å². The van der Waals surface area contributed by atoms with E-state index in [1.807, 2.05) is 0 Å². The van der Waals surface area contributed by atoms with E-state index in [1.54, 1.807) is 31.2 Å².